The Bertz CT molecular complexity index is 1360. The highest BCUT2D eigenvalue weighted by atomic mass is 35.5. The van der Waals surface area contributed by atoms with Gasteiger partial charge in [-0.3, -0.25) is 9.78 Å². The molecule has 0 bridgehead atoms. The summed E-state index contributed by atoms with van der Waals surface area (Å²) in [5.74, 6) is -1.28. The Morgan fingerprint density at radius 2 is 1.94 bits per heavy atom. The van der Waals surface area contributed by atoms with Crippen molar-refractivity contribution >= 4 is 28.6 Å². The number of rotatable bonds is 4. The average molecular weight is 453 g/mol. The number of hydrogen-bond donors (Lipinski definition) is 2. The number of halogens is 4. The van der Waals surface area contributed by atoms with E-state index in [9.17, 15) is 22.8 Å². The molecule has 0 unspecified atom stereocenters. The third kappa shape index (κ3) is 3.65. The van der Waals surface area contributed by atoms with Gasteiger partial charge in [0, 0.05) is 6.20 Å². The minimum absolute atomic E-state index is 0.00626. The lowest BCUT2D eigenvalue weighted by Gasteiger charge is -2.15. The van der Waals surface area contributed by atoms with Gasteiger partial charge in [0.05, 0.1) is 23.4 Å². The molecule has 31 heavy (non-hydrogen) atoms. The van der Waals surface area contributed by atoms with Crippen LogP contribution in [0.3, 0.4) is 0 Å². The summed E-state index contributed by atoms with van der Waals surface area (Å²) in [7, 11) is 0. The number of hydrogen-bond acceptors (Lipinski definition) is 5. The van der Waals surface area contributed by atoms with Crippen LogP contribution >= 0.6 is 11.6 Å². The van der Waals surface area contributed by atoms with Crippen molar-refractivity contribution in [3.63, 3.8) is 0 Å². The Morgan fingerprint density at radius 1 is 1.26 bits per heavy atom. The molecule has 3 heterocycles. The highest BCUT2D eigenvalue weighted by Crippen LogP contribution is 2.31. The molecule has 0 saturated carbocycles. The predicted molar refractivity (Wildman–Crippen MR) is 102 cm³/mol. The molecule has 3 aromatic heterocycles. The van der Waals surface area contributed by atoms with E-state index in [4.69, 9.17) is 16.7 Å². The molecule has 2 N–H and O–H groups in total. The Balaban J connectivity index is 1.77. The molecule has 0 fully saturated rings. The van der Waals surface area contributed by atoms with E-state index < -0.39 is 29.3 Å². The van der Waals surface area contributed by atoms with E-state index in [-0.39, 0.29) is 27.7 Å². The van der Waals surface area contributed by atoms with Crippen LogP contribution in [0, 0.1) is 0 Å². The molecule has 0 aliphatic heterocycles. The molecule has 160 valence electrons. The van der Waals surface area contributed by atoms with Gasteiger partial charge < -0.3 is 5.11 Å². The zero-order valence-electron chi connectivity index (χ0n) is 15.6. The van der Waals surface area contributed by atoms with Crippen molar-refractivity contribution in [2.24, 2.45) is 0 Å². The monoisotopic (exact) mass is 452 g/mol. The van der Waals surface area contributed by atoms with Crippen LogP contribution in [0.4, 0.5) is 13.2 Å². The van der Waals surface area contributed by atoms with Crippen molar-refractivity contribution in [3.8, 4) is 5.95 Å². The first-order valence-electron chi connectivity index (χ1n) is 8.70. The maximum absolute atomic E-state index is 12.8. The number of fused-ring (bicyclic) bond motifs is 1. The number of aromatic carboxylic acids is 1. The summed E-state index contributed by atoms with van der Waals surface area (Å²) in [6.45, 7) is 1.64. The number of H-pyrrole nitrogens is 1. The molecule has 1 aromatic carbocycles. The lowest BCUT2D eigenvalue weighted by atomic mass is 10.1. The van der Waals surface area contributed by atoms with E-state index in [0.29, 0.717) is 5.56 Å². The van der Waals surface area contributed by atoms with E-state index >= 15 is 0 Å². The second-order valence-corrected chi connectivity index (χ2v) is 6.95. The number of nitrogens with one attached hydrogen (secondary N) is 1. The minimum atomic E-state index is -4.46. The first kappa shape index (κ1) is 20.6. The zero-order chi connectivity index (χ0) is 22.5. The molecular weight excluding hydrogens is 441 g/mol. The van der Waals surface area contributed by atoms with Gasteiger partial charge in [-0.25, -0.2) is 19.1 Å². The highest BCUT2D eigenvalue weighted by Gasteiger charge is 2.30. The Morgan fingerprint density at radius 3 is 2.52 bits per heavy atom. The SMILES string of the molecule is C[C@@H](c1ccc(C(F)(F)F)cc1)n1nc(Cl)c2nc(-n3cc(C(=O)O)cn3)[nH]c(=O)c21. The van der Waals surface area contributed by atoms with Crippen LogP contribution in [0.25, 0.3) is 17.0 Å². The molecule has 0 aliphatic carbocycles. The topological polar surface area (TPSA) is 119 Å². The average Bonchev–Trinajstić information content (AvgIpc) is 3.33. The van der Waals surface area contributed by atoms with Gasteiger partial charge >= 0.3 is 12.1 Å². The molecule has 1 atom stereocenters. The molecule has 0 aliphatic rings. The first-order chi connectivity index (χ1) is 14.6. The fraction of sp³-hybridized carbons (Fsp3) is 0.167. The highest BCUT2D eigenvalue weighted by molar-refractivity contribution is 6.33. The van der Waals surface area contributed by atoms with E-state index in [1.165, 1.54) is 16.8 Å². The van der Waals surface area contributed by atoms with Crippen LogP contribution in [0.5, 0.6) is 0 Å². The van der Waals surface area contributed by atoms with Crippen molar-refractivity contribution in [3.05, 3.63) is 68.9 Å². The molecular formula is C18H12ClF3N6O3. The maximum atomic E-state index is 12.8. The minimum Gasteiger partial charge on any atom is -0.478 e. The van der Waals surface area contributed by atoms with Crippen molar-refractivity contribution < 1.29 is 23.1 Å². The van der Waals surface area contributed by atoms with E-state index in [2.05, 4.69) is 20.2 Å². The number of alkyl halides is 3. The molecule has 0 spiro atoms. The number of carboxylic acid groups (broad SMARTS) is 1. The van der Waals surface area contributed by atoms with Crippen molar-refractivity contribution in [2.45, 2.75) is 19.1 Å². The summed E-state index contributed by atoms with van der Waals surface area (Å²) in [6, 6.07) is 3.84. The lowest BCUT2D eigenvalue weighted by Crippen LogP contribution is -2.19. The van der Waals surface area contributed by atoms with Gasteiger partial charge in [0.15, 0.2) is 10.7 Å². The van der Waals surface area contributed by atoms with Gasteiger partial charge in [-0.05, 0) is 24.6 Å². The van der Waals surface area contributed by atoms with Gasteiger partial charge in [0.25, 0.3) is 5.56 Å². The van der Waals surface area contributed by atoms with Crippen molar-refractivity contribution in [2.75, 3.05) is 0 Å². The first-order valence-corrected chi connectivity index (χ1v) is 9.07. The van der Waals surface area contributed by atoms with Crippen LogP contribution in [-0.4, -0.2) is 40.6 Å². The van der Waals surface area contributed by atoms with Crippen LogP contribution in [0.15, 0.2) is 41.5 Å². The van der Waals surface area contributed by atoms with Crippen LogP contribution in [0.2, 0.25) is 5.15 Å². The molecule has 0 amide bonds. The smallest absolute Gasteiger partial charge is 0.416 e. The standard InChI is InChI=1S/C18H12ClF3N6O3/c1-8(9-2-4-11(5-3-9)18(20,21)22)28-13-12(14(19)26-28)24-17(25-15(13)29)27-7-10(6-23-27)16(30)31/h2-8H,1H3,(H,30,31)(H,24,25,29)/t8-/m0/s1. The van der Waals surface area contributed by atoms with Gasteiger partial charge in [0.2, 0.25) is 5.95 Å². The van der Waals surface area contributed by atoms with Gasteiger partial charge in [-0.15, -0.1) is 0 Å². The summed E-state index contributed by atoms with van der Waals surface area (Å²) in [6.07, 6.45) is -2.21. The maximum Gasteiger partial charge on any atom is 0.416 e. The van der Waals surface area contributed by atoms with Crippen LogP contribution in [-0.2, 0) is 6.18 Å². The molecule has 13 heteroatoms. The number of aromatic amines is 1. The normalized spacial score (nSPS) is 12.9. The second kappa shape index (κ2) is 7.23. The van der Waals surface area contributed by atoms with Crippen LogP contribution < -0.4 is 5.56 Å². The summed E-state index contributed by atoms with van der Waals surface area (Å²) < 4.78 is 40.7. The fourth-order valence-electron chi connectivity index (χ4n) is 3.03. The van der Waals surface area contributed by atoms with E-state index in [1.807, 2.05) is 0 Å². The fourth-order valence-corrected chi connectivity index (χ4v) is 3.25. The molecule has 0 saturated heterocycles. The van der Waals surface area contributed by atoms with Gasteiger partial charge in [-0.2, -0.15) is 23.4 Å². The summed E-state index contributed by atoms with van der Waals surface area (Å²) in [4.78, 5) is 30.5. The number of aromatic nitrogens is 6. The summed E-state index contributed by atoms with van der Waals surface area (Å²) >= 11 is 6.16. The van der Waals surface area contributed by atoms with Gasteiger partial charge in [0.1, 0.15) is 5.52 Å². The van der Waals surface area contributed by atoms with E-state index in [0.717, 1.165) is 29.2 Å². The van der Waals surface area contributed by atoms with Gasteiger partial charge in [-0.1, -0.05) is 23.7 Å². The van der Waals surface area contributed by atoms with Crippen LogP contribution in [0.1, 0.15) is 34.5 Å². The Labute approximate surface area is 175 Å². The second-order valence-electron chi connectivity index (χ2n) is 6.60. The van der Waals surface area contributed by atoms with E-state index in [1.54, 1.807) is 6.92 Å². The number of carbonyl (C=O) groups is 1. The molecule has 4 rings (SSSR count). The largest absolute Gasteiger partial charge is 0.478 e. The quantitative estimate of drug-likeness (QED) is 0.490. The molecule has 0 radical (unpaired) electrons. The number of carboxylic acids is 1. The third-order valence-corrected chi connectivity index (χ3v) is 4.89. The third-order valence-electron chi connectivity index (χ3n) is 4.64. The Kier molecular flexibility index (Phi) is 4.81. The summed E-state index contributed by atoms with van der Waals surface area (Å²) in [5, 5.41) is 16.9. The van der Waals surface area contributed by atoms with Crippen molar-refractivity contribution in [1.29, 1.82) is 0 Å². The molecule has 4 aromatic rings. The number of nitrogens with zero attached hydrogens (tertiary/aromatic N) is 5. The molecule has 9 nitrogen and oxygen atoms in total. The van der Waals surface area contributed by atoms with Crippen molar-refractivity contribution in [1.82, 2.24) is 29.5 Å². The number of benzene rings is 1. The lowest BCUT2D eigenvalue weighted by molar-refractivity contribution is -0.137. The predicted octanol–water partition coefficient (Wildman–Crippen LogP) is 3.29. The Hall–Kier alpha value is -3.67. The summed E-state index contributed by atoms with van der Waals surface area (Å²) in [5.41, 5.74) is -1.03. The zero-order valence-corrected chi connectivity index (χ0v) is 16.3.